The average Bonchev–Trinajstić information content (AvgIpc) is 2.84. The standard InChI is InChI=1S/C27H29NO4/c1-4-23(5-2)28(30)27(29)22-13-11-20(12-14-22)9-10-21-7-6-8-26(19-21)32-25-17-15-24(31-3)16-18-25/h6-19,23,30H,4-5H2,1-3H3. The minimum absolute atomic E-state index is 0.172. The van der Waals surface area contributed by atoms with Crippen LogP contribution in [-0.2, 0) is 0 Å². The molecule has 0 fully saturated rings. The van der Waals surface area contributed by atoms with Gasteiger partial charge in [0, 0.05) is 5.56 Å². The minimum Gasteiger partial charge on any atom is -0.497 e. The first-order chi connectivity index (χ1) is 15.5. The van der Waals surface area contributed by atoms with E-state index >= 15 is 0 Å². The summed E-state index contributed by atoms with van der Waals surface area (Å²) in [7, 11) is 1.63. The SMILES string of the molecule is CCC(CC)N(O)C(=O)c1ccc(C=Cc2cccc(Oc3ccc(OC)cc3)c2)cc1. The van der Waals surface area contributed by atoms with Crippen molar-refractivity contribution in [1.29, 1.82) is 0 Å². The molecule has 3 rings (SSSR count). The lowest BCUT2D eigenvalue weighted by atomic mass is 10.1. The largest absolute Gasteiger partial charge is 0.497 e. The Balaban J connectivity index is 1.66. The molecule has 0 aliphatic carbocycles. The van der Waals surface area contributed by atoms with Gasteiger partial charge in [-0.05, 0) is 72.5 Å². The molecule has 0 atom stereocenters. The molecule has 0 spiro atoms. The molecular formula is C27H29NO4. The Labute approximate surface area is 189 Å². The average molecular weight is 432 g/mol. The van der Waals surface area contributed by atoms with Gasteiger partial charge in [0.1, 0.15) is 17.2 Å². The molecule has 0 aliphatic heterocycles. The first kappa shape index (κ1) is 23.1. The number of methoxy groups -OCH3 is 1. The summed E-state index contributed by atoms with van der Waals surface area (Å²) in [6.07, 6.45) is 5.38. The fourth-order valence-electron chi connectivity index (χ4n) is 3.32. The summed E-state index contributed by atoms with van der Waals surface area (Å²) < 4.78 is 11.1. The molecular weight excluding hydrogens is 402 g/mol. The molecule has 0 aromatic heterocycles. The van der Waals surface area contributed by atoms with Crippen LogP contribution in [0.4, 0.5) is 0 Å². The van der Waals surface area contributed by atoms with Crippen molar-refractivity contribution < 1.29 is 19.5 Å². The van der Waals surface area contributed by atoms with Crippen molar-refractivity contribution in [2.45, 2.75) is 32.7 Å². The second-order valence-corrected chi connectivity index (χ2v) is 7.43. The summed E-state index contributed by atoms with van der Waals surface area (Å²) in [5.41, 5.74) is 2.41. The fraction of sp³-hybridized carbons (Fsp3) is 0.222. The molecule has 0 radical (unpaired) electrons. The van der Waals surface area contributed by atoms with Crippen LogP contribution in [0.5, 0.6) is 17.2 Å². The van der Waals surface area contributed by atoms with E-state index < -0.39 is 0 Å². The smallest absolute Gasteiger partial charge is 0.277 e. The van der Waals surface area contributed by atoms with Crippen LogP contribution in [0.1, 0.15) is 48.2 Å². The molecule has 0 saturated carbocycles. The number of hydrogen-bond acceptors (Lipinski definition) is 4. The Hall–Kier alpha value is -3.57. The second kappa shape index (κ2) is 11.2. The first-order valence-electron chi connectivity index (χ1n) is 10.8. The lowest BCUT2D eigenvalue weighted by Gasteiger charge is -2.23. The van der Waals surface area contributed by atoms with Gasteiger partial charge in [-0.1, -0.05) is 50.3 Å². The van der Waals surface area contributed by atoms with Crippen LogP contribution in [0.25, 0.3) is 12.2 Å². The minimum atomic E-state index is -0.377. The van der Waals surface area contributed by atoms with Gasteiger partial charge in [-0.2, -0.15) is 0 Å². The predicted molar refractivity (Wildman–Crippen MR) is 127 cm³/mol. The molecule has 0 saturated heterocycles. The summed E-state index contributed by atoms with van der Waals surface area (Å²) in [6.45, 7) is 3.91. The highest BCUT2D eigenvalue weighted by atomic mass is 16.5. The number of benzene rings is 3. The zero-order valence-corrected chi connectivity index (χ0v) is 18.7. The Morgan fingerprint density at radius 3 is 2.12 bits per heavy atom. The molecule has 32 heavy (non-hydrogen) atoms. The summed E-state index contributed by atoms with van der Waals surface area (Å²) in [4.78, 5) is 12.5. The third kappa shape index (κ3) is 5.99. The number of carbonyl (C=O) groups is 1. The second-order valence-electron chi connectivity index (χ2n) is 7.43. The summed E-state index contributed by atoms with van der Waals surface area (Å²) in [5.74, 6) is 1.88. The molecule has 0 aliphatic rings. The lowest BCUT2D eigenvalue weighted by molar-refractivity contribution is -0.0901. The van der Waals surface area contributed by atoms with Gasteiger partial charge in [0.15, 0.2) is 0 Å². The monoisotopic (exact) mass is 431 g/mol. The van der Waals surface area contributed by atoms with E-state index in [1.165, 1.54) is 0 Å². The molecule has 0 bridgehead atoms. The maximum Gasteiger partial charge on any atom is 0.277 e. The van der Waals surface area contributed by atoms with Crippen LogP contribution in [0.15, 0.2) is 72.8 Å². The van der Waals surface area contributed by atoms with E-state index in [0.29, 0.717) is 18.4 Å². The van der Waals surface area contributed by atoms with Gasteiger partial charge in [0.2, 0.25) is 0 Å². The van der Waals surface area contributed by atoms with Gasteiger partial charge >= 0.3 is 0 Å². The van der Waals surface area contributed by atoms with Crippen LogP contribution < -0.4 is 9.47 Å². The van der Waals surface area contributed by atoms with Crippen LogP contribution in [0.2, 0.25) is 0 Å². The highest BCUT2D eigenvalue weighted by Gasteiger charge is 2.20. The van der Waals surface area contributed by atoms with Gasteiger partial charge in [-0.15, -0.1) is 0 Å². The number of carbonyl (C=O) groups excluding carboxylic acids is 1. The third-order valence-corrected chi connectivity index (χ3v) is 5.28. The van der Waals surface area contributed by atoms with Crippen molar-refractivity contribution in [3.8, 4) is 17.2 Å². The maximum absolute atomic E-state index is 12.5. The number of hydroxylamine groups is 2. The molecule has 3 aromatic rings. The molecule has 0 heterocycles. The lowest BCUT2D eigenvalue weighted by Crippen LogP contribution is -2.36. The van der Waals surface area contributed by atoms with Crippen LogP contribution >= 0.6 is 0 Å². The van der Waals surface area contributed by atoms with Crippen molar-refractivity contribution in [2.24, 2.45) is 0 Å². The van der Waals surface area contributed by atoms with Crippen molar-refractivity contribution in [3.05, 3.63) is 89.5 Å². The Morgan fingerprint density at radius 1 is 0.875 bits per heavy atom. The number of nitrogens with zero attached hydrogens (tertiary/aromatic N) is 1. The summed E-state index contributed by atoms with van der Waals surface area (Å²) in [6, 6.07) is 22.2. The topological polar surface area (TPSA) is 59.0 Å². The normalized spacial score (nSPS) is 11.0. The zero-order chi connectivity index (χ0) is 22.9. The van der Waals surface area contributed by atoms with E-state index in [9.17, 15) is 10.0 Å². The van der Waals surface area contributed by atoms with Crippen molar-refractivity contribution in [2.75, 3.05) is 7.11 Å². The number of hydrogen-bond donors (Lipinski definition) is 1. The zero-order valence-electron chi connectivity index (χ0n) is 18.7. The Bertz CT molecular complexity index is 1040. The molecule has 5 nitrogen and oxygen atoms in total. The van der Waals surface area contributed by atoms with Gasteiger partial charge in [-0.3, -0.25) is 10.0 Å². The van der Waals surface area contributed by atoms with E-state index in [1.54, 1.807) is 19.2 Å². The maximum atomic E-state index is 12.5. The van der Waals surface area contributed by atoms with Gasteiger partial charge in [0.05, 0.1) is 13.2 Å². The van der Waals surface area contributed by atoms with Crippen LogP contribution in [0, 0.1) is 0 Å². The quantitative estimate of drug-likeness (QED) is 0.233. The van der Waals surface area contributed by atoms with Gasteiger partial charge in [-0.25, -0.2) is 5.06 Å². The Morgan fingerprint density at radius 2 is 1.50 bits per heavy atom. The van der Waals surface area contributed by atoms with E-state index in [1.807, 2.05) is 86.7 Å². The molecule has 166 valence electrons. The summed E-state index contributed by atoms with van der Waals surface area (Å²) >= 11 is 0. The summed E-state index contributed by atoms with van der Waals surface area (Å²) in [5, 5.41) is 11.0. The fourth-order valence-corrected chi connectivity index (χ4v) is 3.32. The molecule has 3 aromatic carbocycles. The van der Waals surface area contributed by atoms with Crippen LogP contribution in [-0.4, -0.2) is 29.3 Å². The van der Waals surface area contributed by atoms with E-state index in [-0.39, 0.29) is 11.9 Å². The van der Waals surface area contributed by atoms with Crippen molar-refractivity contribution in [3.63, 3.8) is 0 Å². The first-order valence-corrected chi connectivity index (χ1v) is 10.8. The van der Waals surface area contributed by atoms with Crippen LogP contribution in [0.3, 0.4) is 0 Å². The third-order valence-electron chi connectivity index (χ3n) is 5.28. The Kier molecular flexibility index (Phi) is 8.06. The van der Waals surface area contributed by atoms with Gasteiger partial charge in [0.25, 0.3) is 5.91 Å². The molecule has 1 N–H and O–H groups in total. The van der Waals surface area contributed by atoms with E-state index in [2.05, 4.69) is 0 Å². The predicted octanol–water partition coefficient (Wildman–Crippen LogP) is 6.68. The number of ether oxygens (including phenoxy) is 2. The highest BCUT2D eigenvalue weighted by Crippen LogP contribution is 2.25. The van der Waals surface area contributed by atoms with Crippen molar-refractivity contribution >= 4 is 18.1 Å². The molecule has 5 heteroatoms. The number of rotatable bonds is 9. The molecule has 0 unspecified atom stereocenters. The van der Waals surface area contributed by atoms with Crippen molar-refractivity contribution in [1.82, 2.24) is 5.06 Å². The molecule has 1 amide bonds. The van der Waals surface area contributed by atoms with E-state index in [0.717, 1.165) is 33.4 Å². The number of amides is 1. The highest BCUT2D eigenvalue weighted by molar-refractivity contribution is 5.93. The van der Waals surface area contributed by atoms with E-state index in [4.69, 9.17) is 9.47 Å². The van der Waals surface area contributed by atoms with Gasteiger partial charge < -0.3 is 9.47 Å².